The molecule has 2 rings (SSSR count). The van der Waals surface area contributed by atoms with Crippen molar-refractivity contribution in [1.29, 1.82) is 0 Å². The minimum absolute atomic E-state index is 0.0414. The van der Waals surface area contributed by atoms with Gasteiger partial charge >= 0.3 is 6.03 Å². The van der Waals surface area contributed by atoms with E-state index in [1.54, 1.807) is 0 Å². The highest BCUT2D eigenvalue weighted by Gasteiger charge is 2.39. The van der Waals surface area contributed by atoms with Crippen molar-refractivity contribution in [1.82, 2.24) is 10.6 Å². The summed E-state index contributed by atoms with van der Waals surface area (Å²) in [4.78, 5) is 12.0. The molecule has 1 aliphatic carbocycles. The lowest BCUT2D eigenvalue weighted by atomic mass is 9.86. The molecular weight excluding hydrogens is 256 g/mol. The minimum Gasteiger partial charge on any atom is -0.466 e. The van der Waals surface area contributed by atoms with Crippen molar-refractivity contribution >= 4 is 6.03 Å². The fraction of sp³-hybridized carbons (Fsp3) is 0.667. The number of hydrogen-bond donors (Lipinski definition) is 3. The average molecular weight is 280 g/mol. The Kier molecular flexibility index (Phi) is 4.38. The molecule has 20 heavy (non-hydrogen) atoms. The molecular formula is C15H24N2O3. The normalized spacial score (nSPS) is 25.7. The van der Waals surface area contributed by atoms with E-state index < -0.39 is 0 Å². The van der Waals surface area contributed by atoms with Crippen molar-refractivity contribution in [2.45, 2.75) is 52.6 Å². The molecule has 2 amide bonds. The van der Waals surface area contributed by atoms with E-state index in [-0.39, 0.29) is 24.1 Å². The summed E-state index contributed by atoms with van der Waals surface area (Å²) in [6, 6.07) is 1.79. The van der Waals surface area contributed by atoms with Crippen molar-refractivity contribution in [3.8, 4) is 0 Å². The van der Waals surface area contributed by atoms with Gasteiger partial charge in [0.1, 0.15) is 11.5 Å². The first-order valence-electron chi connectivity index (χ1n) is 7.16. The van der Waals surface area contributed by atoms with Gasteiger partial charge in [0.25, 0.3) is 0 Å². The Morgan fingerprint density at radius 1 is 1.55 bits per heavy atom. The van der Waals surface area contributed by atoms with Gasteiger partial charge in [-0.05, 0) is 32.8 Å². The average Bonchev–Trinajstić information content (AvgIpc) is 2.91. The molecule has 2 atom stereocenters. The van der Waals surface area contributed by atoms with Gasteiger partial charge in [0.2, 0.25) is 0 Å². The molecule has 112 valence electrons. The second-order valence-electron chi connectivity index (χ2n) is 6.02. The topological polar surface area (TPSA) is 74.5 Å². The fourth-order valence-corrected chi connectivity index (χ4v) is 2.91. The van der Waals surface area contributed by atoms with Crippen molar-refractivity contribution in [2.75, 3.05) is 6.61 Å². The summed E-state index contributed by atoms with van der Waals surface area (Å²) in [6.07, 6.45) is 2.92. The predicted molar refractivity (Wildman–Crippen MR) is 76.4 cm³/mol. The molecule has 5 nitrogen and oxygen atoms in total. The number of hydrogen-bond acceptors (Lipinski definition) is 3. The number of aliphatic hydroxyl groups is 1. The van der Waals surface area contributed by atoms with Crippen LogP contribution < -0.4 is 10.6 Å². The molecule has 1 aliphatic rings. The lowest BCUT2D eigenvalue weighted by molar-refractivity contribution is 0.121. The third-order valence-electron chi connectivity index (χ3n) is 4.33. The van der Waals surface area contributed by atoms with Gasteiger partial charge in [0.05, 0.1) is 6.61 Å². The molecule has 2 unspecified atom stereocenters. The molecule has 0 saturated heterocycles. The summed E-state index contributed by atoms with van der Waals surface area (Å²) in [5.74, 6) is 1.69. The summed E-state index contributed by atoms with van der Waals surface area (Å²) in [5.41, 5.74) is 0.799. The SMILES string of the molecule is Cc1cc(CNC(=O)NC2CCCC2(C)CO)c(C)o1. The molecule has 0 radical (unpaired) electrons. The monoisotopic (exact) mass is 280 g/mol. The van der Waals surface area contributed by atoms with E-state index >= 15 is 0 Å². The van der Waals surface area contributed by atoms with Crippen LogP contribution in [0.2, 0.25) is 0 Å². The van der Waals surface area contributed by atoms with Gasteiger partial charge in [-0.25, -0.2) is 4.79 Å². The zero-order valence-electron chi connectivity index (χ0n) is 12.5. The molecule has 0 aliphatic heterocycles. The van der Waals surface area contributed by atoms with Gasteiger partial charge in [-0.2, -0.15) is 0 Å². The van der Waals surface area contributed by atoms with E-state index in [0.717, 1.165) is 36.3 Å². The Hall–Kier alpha value is -1.49. The number of nitrogens with one attached hydrogen (secondary N) is 2. The highest BCUT2D eigenvalue weighted by atomic mass is 16.3. The van der Waals surface area contributed by atoms with Crippen molar-refractivity contribution in [2.24, 2.45) is 5.41 Å². The van der Waals surface area contributed by atoms with Crippen molar-refractivity contribution in [3.63, 3.8) is 0 Å². The van der Waals surface area contributed by atoms with Crippen LogP contribution in [0.15, 0.2) is 10.5 Å². The number of carbonyl (C=O) groups excluding carboxylic acids is 1. The third-order valence-corrected chi connectivity index (χ3v) is 4.33. The highest BCUT2D eigenvalue weighted by molar-refractivity contribution is 5.74. The summed E-state index contributed by atoms with van der Waals surface area (Å²) in [7, 11) is 0. The van der Waals surface area contributed by atoms with Gasteiger partial charge in [-0.1, -0.05) is 13.3 Å². The number of aliphatic hydroxyl groups excluding tert-OH is 1. The molecule has 3 N–H and O–H groups in total. The predicted octanol–water partition coefficient (Wildman–Crippen LogP) is 2.25. The van der Waals surface area contributed by atoms with Crippen LogP contribution in [-0.4, -0.2) is 23.8 Å². The maximum Gasteiger partial charge on any atom is 0.315 e. The standard InChI is InChI=1S/C15H24N2O3/c1-10-7-12(11(2)20-10)8-16-14(19)17-13-5-4-6-15(13,3)9-18/h7,13,18H,4-6,8-9H2,1-3H3,(H2,16,17,19). The van der Waals surface area contributed by atoms with Crippen LogP contribution in [0.3, 0.4) is 0 Å². The number of carbonyl (C=O) groups is 1. The summed E-state index contributed by atoms with van der Waals surface area (Å²) < 4.78 is 5.43. The maximum absolute atomic E-state index is 12.0. The van der Waals surface area contributed by atoms with Gasteiger partial charge in [0.15, 0.2) is 0 Å². The van der Waals surface area contributed by atoms with Crippen LogP contribution in [0.4, 0.5) is 4.79 Å². The molecule has 0 aromatic carbocycles. The number of furan rings is 1. The molecule has 1 heterocycles. The van der Waals surface area contributed by atoms with E-state index in [9.17, 15) is 9.90 Å². The summed E-state index contributed by atoms with van der Waals surface area (Å²) in [6.45, 7) is 6.37. The molecule has 1 aromatic heterocycles. The van der Waals surface area contributed by atoms with Gasteiger partial charge in [0, 0.05) is 23.6 Å². The first-order chi connectivity index (χ1) is 9.44. The number of urea groups is 1. The van der Waals surface area contributed by atoms with Crippen molar-refractivity contribution < 1.29 is 14.3 Å². The first-order valence-corrected chi connectivity index (χ1v) is 7.16. The Labute approximate surface area is 119 Å². The van der Waals surface area contributed by atoms with E-state index in [1.807, 2.05) is 26.8 Å². The van der Waals surface area contributed by atoms with Gasteiger partial charge < -0.3 is 20.2 Å². The van der Waals surface area contributed by atoms with Gasteiger partial charge in [-0.3, -0.25) is 0 Å². The van der Waals surface area contributed by atoms with Crippen molar-refractivity contribution in [3.05, 3.63) is 23.2 Å². The Morgan fingerprint density at radius 3 is 2.90 bits per heavy atom. The number of amides is 2. The third kappa shape index (κ3) is 3.15. The van der Waals surface area contributed by atoms with Crippen LogP contribution in [0.5, 0.6) is 0 Å². The Balaban J connectivity index is 1.85. The summed E-state index contributed by atoms with van der Waals surface area (Å²) in [5, 5.41) is 15.3. The zero-order valence-corrected chi connectivity index (χ0v) is 12.5. The number of rotatable bonds is 4. The zero-order chi connectivity index (χ0) is 14.8. The summed E-state index contributed by atoms with van der Waals surface area (Å²) >= 11 is 0. The van der Waals surface area contributed by atoms with E-state index in [1.165, 1.54) is 0 Å². The first kappa shape index (κ1) is 14.9. The van der Waals surface area contributed by atoms with E-state index in [0.29, 0.717) is 6.54 Å². The smallest absolute Gasteiger partial charge is 0.315 e. The lowest BCUT2D eigenvalue weighted by Gasteiger charge is -2.30. The minimum atomic E-state index is -0.195. The van der Waals surface area contributed by atoms with E-state index in [2.05, 4.69) is 10.6 Å². The molecule has 1 saturated carbocycles. The molecule has 0 bridgehead atoms. The fourth-order valence-electron chi connectivity index (χ4n) is 2.91. The van der Waals surface area contributed by atoms with Crippen LogP contribution in [-0.2, 0) is 6.54 Å². The van der Waals surface area contributed by atoms with Crippen LogP contribution in [0, 0.1) is 19.3 Å². The molecule has 1 fully saturated rings. The second-order valence-corrected chi connectivity index (χ2v) is 6.02. The van der Waals surface area contributed by atoms with E-state index in [4.69, 9.17) is 4.42 Å². The molecule has 5 heteroatoms. The second kappa shape index (κ2) is 5.87. The van der Waals surface area contributed by atoms with Crippen LogP contribution >= 0.6 is 0 Å². The quantitative estimate of drug-likeness (QED) is 0.792. The Bertz CT molecular complexity index is 483. The van der Waals surface area contributed by atoms with Crippen LogP contribution in [0.25, 0.3) is 0 Å². The number of aryl methyl sites for hydroxylation is 2. The Morgan fingerprint density at radius 2 is 2.30 bits per heavy atom. The highest BCUT2D eigenvalue weighted by Crippen LogP contribution is 2.37. The molecule has 0 spiro atoms. The maximum atomic E-state index is 12.0. The van der Waals surface area contributed by atoms with Gasteiger partial charge in [-0.15, -0.1) is 0 Å². The lowest BCUT2D eigenvalue weighted by Crippen LogP contribution is -2.48. The largest absolute Gasteiger partial charge is 0.466 e. The van der Waals surface area contributed by atoms with Crippen LogP contribution in [0.1, 0.15) is 43.3 Å². The molecule has 1 aromatic rings.